The Hall–Kier alpha value is -1.96. The average Bonchev–Trinajstić information content (AvgIpc) is 3.25. The fourth-order valence-corrected chi connectivity index (χ4v) is 3.60. The summed E-state index contributed by atoms with van der Waals surface area (Å²) in [6, 6.07) is 3.04. The predicted molar refractivity (Wildman–Crippen MR) is 90.7 cm³/mol. The Balaban J connectivity index is 1.52. The maximum atomic E-state index is 13.1. The molecule has 26 heavy (non-hydrogen) atoms. The zero-order chi connectivity index (χ0) is 18.3. The Morgan fingerprint density at radius 2 is 2.08 bits per heavy atom. The van der Waals surface area contributed by atoms with Crippen LogP contribution in [0.5, 0.6) is 5.88 Å². The lowest BCUT2D eigenvalue weighted by molar-refractivity contribution is -0.138. The van der Waals surface area contributed by atoms with Crippen LogP contribution in [0.25, 0.3) is 0 Å². The van der Waals surface area contributed by atoms with Gasteiger partial charge in [0.25, 0.3) is 5.92 Å². The lowest BCUT2D eigenvalue weighted by Gasteiger charge is -2.38. The Morgan fingerprint density at radius 1 is 1.31 bits per heavy atom. The molecule has 1 saturated carbocycles. The molecule has 0 spiro atoms. The number of aromatic nitrogens is 1. The summed E-state index contributed by atoms with van der Waals surface area (Å²) < 4.78 is 32.1. The van der Waals surface area contributed by atoms with Gasteiger partial charge in [0.1, 0.15) is 11.9 Å². The first-order valence-corrected chi connectivity index (χ1v) is 9.14. The molecule has 0 aromatic carbocycles. The van der Waals surface area contributed by atoms with Crippen molar-refractivity contribution in [3.63, 3.8) is 0 Å². The minimum Gasteiger partial charge on any atom is -0.480 e. The molecule has 1 atom stereocenters. The molecular formula is C18H23F2N3O3. The van der Waals surface area contributed by atoms with Crippen molar-refractivity contribution < 1.29 is 23.4 Å². The standard InChI is InChI=1S/C18H23F2N3O3/c19-18(20)10-22(11-18)8-13-5-6-15(21-16(13)26-9-12-3-4-12)23-7-1-2-14(23)17(24)25/h5-6,12,14H,1-4,7-11H2,(H,24,25). The van der Waals surface area contributed by atoms with E-state index in [1.807, 2.05) is 6.07 Å². The fourth-order valence-electron chi connectivity index (χ4n) is 3.60. The smallest absolute Gasteiger partial charge is 0.326 e. The number of hydrogen-bond donors (Lipinski definition) is 1. The summed E-state index contributed by atoms with van der Waals surface area (Å²) in [7, 11) is 0. The van der Waals surface area contributed by atoms with Crippen molar-refractivity contribution in [1.29, 1.82) is 0 Å². The Labute approximate surface area is 150 Å². The molecule has 8 heteroatoms. The topological polar surface area (TPSA) is 65.9 Å². The summed E-state index contributed by atoms with van der Waals surface area (Å²) in [5.74, 6) is -1.89. The zero-order valence-electron chi connectivity index (χ0n) is 14.5. The van der Waals surface area contributed by atoms with Crippen LogP contribution in [0.15, 0.2) is 12.1 Å². The van der Waals surface area contributed by atoms with E-state index < -0.39 is 17.9 Å². The van der Waals surface area contributed by atoms with Crippen LogP contribution < -0.4 is 9.64 Å². The van der Waals surface area contributed by atoms with E-state index in [1.54, 1.807) is 15.9 Å². The van der Waals surface area contributed by atoms with Crippen LogP contribution in [0.1, 0.15) is 31.2 Å². The molecule has 1 aromatic heterocycles. The molecule has 3 fully saturated rings. The van der Waals surface area contributed by atoms with Gasteiger partial charge in [-0.2, -0.15) is 4.98 Å². The third kappa shape index (κ3) is 3.75. The van der Waals surface area contributed by atoms with E-state index in [2.05, 4.69) is 4.98 Å². The molecule has 2 aliphatic heterocycles. The SMILES string of the molecule is O=C(O)C1CCCN1c1ccc(CN2CC(F)(F)C2)c(OCC2CC2)n1. The number of nitrogens with zero attached hydrogens (tertiary/aromatic N) is 3. The average molecular weight is 367 g/mol. The molecule has 0 amide bonds. The van der Waals surface area contributed by atoms with E-state index in [9.17, 15) is 18.7 Å². The van der Waals surface area contributed by atoms with Crippen molar-refractivity contribution in [3.05, 3.63) is 17.7 Å². The number of anilines is 1. The number of aliphatic carboxylic acids is 1. The van der Waals surface area contributed by atoms with E-state index in [-0.39, 0.29) is 13.1 Å². The van der Waals surface area contributed by atoms with Gasteiger partial charge < -0.3 is 14.7 Å². The summed E-state index contributed by atoms with van der Waals surface area (Å²) in [6.07, 6.45) is 3.68. The van der Waals surface area contributed by atoms with Gasteiger partial charge in [0, 0.05) is 18.7 Å². The van der Waals surface area contributed by atoms with Crippen molar-refractivity contribution in [3.8, 4) is 5.88 Å². The zero-order valence-corrected chi connectivity index (χ0v) is 14.5. The largest absolute Gasteiger partial charge is 0.480 e. The van der Waals surface area contributed by atoms with Gasteiger partial charge in [-0.05, 0) is 43.7 Å². The maximum Gasteiger partial charge on any atom is 0.326 e. The monoisotopic (exact) mass is 367 g/mol. The number of carboxylic acids is 1. The van der Waals surface area contributed by atoms with Crippen LogP contribution in [0.4, 0.5) is 14.6 Å². The predicted octanol–water partition coefficient (Wildman–Crippen LogP) is 2.37. The van der Waals surface area contributed by atoms with Crippen molar-refractivity contribution in [2.75, 3.05) is 31.1 Å². The minimum absolute atomic E-state index is 0.246. The third-order valence-electron chi connectivity index (χ3n) is 5.21. The van der Waals surface area contributed by atoms with Gasteiger partial charge in [-0.1, -0.05) is 0 Å². The number of alkyl halides is 2. The van der Waals surface area contributed by atoms with Crippen LogP contribution >= 0.6 is 0 Å². The van der Waals surface area contributed by atoms with Crippen molar-refractivity contribution in [2.24, 2.45) is 5.92 Å². The number of carbonyl (C=O) groups is 1. The van der Waals surface area contributed by atoms with Gasteiger partial charge in [0.15, 0.2) is 0 Å². The first kappa shape index (κ1) is 17.5. The number of ether oxygens (including phenoxy) is 1. The number of halogens is 2. The first-order chi connectivity index (χ1) is 12.4. The van der Waals surface area contributed by atoms with Gasteiger partial charge in [-0.3, -0.25) is 4.90 Å². The van der Waals surface area contributed by atoms with Crippen LogP contribution in [0.2, 0.25) is 0 Å². The first-order valence-electron chi connectivity index (χ1n) is 9.14. The summed E-state index contributed by atoms with van der Waals surface area (Å²) in [5, 5.41) is 9.38. The molecule has 0 bridgehead atoms. The summed E-state index contributed by atoms with van der Waals surface area (Å²) in [4.78, 5) is 19.4. The molecular weight excluding hydrogens is 344 g/mol. The third-order valence-corrected chi connectivity index (χ3v) is 5.21. The molecule has 3 heterocycles. The second-order valence-electron chi connectivity index (χ2n) is 7.58. The number of carboxylic acid groups (broad SMARTS) is 1. The highest BCUT2D eigenvalue weighted by molar-refractivity contribution is 5.78. The van der Waals surface area contributed by atoms with Gasteiger partial charge >= 0.3 is 5.97 Å². The second-order valence-corrected chi connectivity index (χ2v) is 7.58. The van der Waals surface area contributed by atoms with Gasteiger partial charge in [0.05, 0.1) is 19.7 Å². The lowest BCUT2D eigenvalue weighted by atomic mass is 10.1. The summed E-state index contributed by atoms with van der Waals surface area (Å²) >= 11 is 0. The van der Waals surface area contributed by atoms with Gasteiger partial charge in [0.2, 0.25) is 5.88 Å². The van der Waals surface area contributed by atoms with Crippen LogP contribution in [-0.4, -0.2) is 59.2 Å². The fraction of sp³-hybridized carbons (Fsp3) is 0.667. The second kappa shape index (κ2) is 6.64. The molecule has 4 rings (SSSR count). The highest BCUT2D eigenvalue weighted by atomic mass is 19.3. The van der Waals surface area contributed by atoms with Crippen molar-refractivity contribution >= 4 is 11.8 Å². The molecule has 2 saturated heterocycles. The number of pyridine rings is 1. The maximum absolute atomic E-state index is 13.1. The van der Waals surface area contributed by atoms with Gasteiger partial charge in [-0.15, -0.1) is 0 Å². The minimum atomic E-state index is -2.60. The molecule has 142 valence electrons. The molecule has 0 radical (unpaired) electrons. The number of likely N-dealkylation sites (tertiary alicyclic amines) is 1. The normalized spacial score (nSPS) is 25.2. The Bertz CT molecular complexity index is 688. The van der Waals surface area contributed by atoms with Crippen molar-refractivity contribution in [1.82, 2.24) is 9.88 Å². The summed E-state index contributed by atoms with van der Waals surface area (Å²) in [5.41, 5.74) is 0.774. The summed E-state index contributed by atoms with van der Waals surface area (Å²) in [6.45, 7) is 1.09. The Morgan fingerprint density at radius 3 is 2.73 bits per heavy atom. The van der Waals surface area contributed by atoms with E-state index in [1.165, 1.54) is 0 Å². The van der Waals surface area contributed by atoms with Crippen molar-refractivity contribution in [2.45, 2.75) is 44.2 Å². The molecule has 1 aromatic rings. The number of hydrogen-bond acceptors (Lipinski definition) is 5. The van der Waals surface area contributed by atoms with Gasteiger partial charge in [-0.25, -0.2) is 13.6 Å². The van der Waals surface area contributed by atoms with Crippen LogP contribution in [0.3, 0.4) is 0 Å². The molecule has 1 aliphatic carbocycles. The quantitative estimate of drug-likeness (QED) is 0.798. The highest BCUT2D eigenvalue weighted by Crippen LogP contribution is 2.34. The van der Waals surface area contributed by atoms with Crippen LogP contribution in [0, 0.1) is 5.92 Å². The molecule has 3 aliphatic rings. The Kier molecular flexibility index (Phi) is 4.46. The number of rotatable bonds is 7. The highest BCUT2D eigenvalue weighted by Gasteiger charge is 2.43. The molecule has 1 N–H and O–H groups in total. The lowest BCUT2D eigenvalue weighted by Crippen LogP contribution is -2.55. The van der Waals surface area contributed by atoms with E-state index in [0.717, 1.165) is 24.8 Å². The molecule has 1 unspecified atom stereocenters. The van der Waals surface area contributed by atoms with E-state index in [4.69, 9.17) is 4.74 Å². The molecule has 6 nitrogen and oxygen atoms in total. The van der Waals surface area contributed by atoms with Crippen LogP contribution in [-0.2, 0) is 11.3 Å². The van der Waals surface area contributed by atoms with E-state index >= 15 is 0 Å². The van der Waals surface area contributed by atoms with E-state index in [0.29, 0.717) is 43.7 Å².